The second-order valence-electron chi connectivity index (χ2n) is 6.32. The molecule has 1 aromatic heterocycles. The Morgan fingerprint density at radius 2 is 1.92 bits per heavy atom. The lowest BCUT2D eigenvalue weighted by Crippen LogP contribution is -2.34. The maximum atomic E-state index is 12.5. The Hall–Kier alpha value is -3.41. The highest BCUT2D eigenvalue weighted by Crippen LogP contribution is 2.27. The van der Waals surface area contributed by atoms with Gasteiger partial charge in [-0.15, -0.1) is 0 Å². The molecule has 0 unspecified atom stereocenters. The molecule has 0 bridgehead atoms. The van der Waals surface area contributed by atoms with Gasteiger partial charge in [0.15, 0.2) is 0 Å². The van der Waals surface area contributed by atoms with Gasteiger partial charge in [0.25, 0.3) is 5.69 Å². The molecule has 0 atom stereocenters. The Morgan fingerprint density at radius 3 is 2.69 bits per heavy atom. The number of benzene rings is 2. The van der Waals surface area contributed by atoms with Gasteiger partial charge in [-0.2, -0.15) is 0 Å². The summed E-state index contributed by atoms with van der Waals surface area (Å²) in [5.74, 6) is -0.0562. The maximum absolute atomic E-state index is 12.5. The Labute approximate surface area is 149 Å². The summed E-state index contributed by atoms with van der Waals surface area (Å²) in [6.07, 6.45) is 4.03. The lowest BCUT2D eigenvalue weighted by atomic mass is 10.0. The average molecular weight is 347 g/mol. The summed E-state index contributed by atoms with van der Waals surface area (Å²) in [7, 11) is 0. The van der Waals surface area contributed by atoms with E-state index in [4.69, 9.17) is 0 Å². The highest BCUT2D eigenvalue weighted by molar-refractivity contribution is 5.93. The second-order valence-corrected chi connectivity index (χ2v) is 6.32. The summed E-state index contributed by atoms with van der Waals surface area (Å²) in [4.78, 5) is 28.0. The third-order valence-electron chi connectivity index (χ3n) is 4.72. The highest BCUT2D eigenvalue weighted by Gasteiger charge is 2.22. The van der Waals surface area contributed by atoms with E-state index in [0.717, 1.165) is 17.5 Å². The summed E-state index contributed by atoms with van der Waals surface area (Å²) in [6.45, 7) is 1.26. The zero-order valence-electron chi connectivity index (χ0n) is 14.0. The lowest BCUT2D eigenvalue weighted by molar-refractivity contribution is -0.384. The number of aromatic nitrogens is 1. The fourth-order valence-electron chi connectivity index (χ4n) is 3.33. The zero-order chi connectivity index (χ0) is 18.1. The van der Waals surface area contributed by atoms with E-state index in [1.54, 1.807) is 18.2 Å². The van der Waals surface area contributed by atoms with Gasteiger partial charge >= 0.3 is 0 Å². The van der Waals surface area contributed by atoms with E-state index in [0.29, 0.717) is 13.1 Å². The van der Waals surface area contributed by atoms with E-state index >= 15 is 0 Å². The van der Waals surface area contributed by atoms with Crippen LogP contribution in [0.3, 0.4) is 0 Å². The first kappa shape index (κ1) is 16.1. The second kappa shape index (κ2) is 6.48. The molecule has 0 aliphatic carbocycles. The molecule has 1 N–H and O–H groups in total. The van der Waals surface area contributed by atoms with E-state index in [1.165, 1.54) is 34.9 Å². The molecule has 130 valence electrons. The SMILES string of the molecule is O=C(/C=C/c1ccc([N+](=O)[O-])cc1)N1CCc2[nH]c3ccccc3c2C1. The zero-order valence-corrected chi connectivity index (χ0v) is 14.0. The van der Waals surface area contributed by atoms with Crippen LogP contribution in [0.2, 0.25) is 0 Å². The minimum absolute atomic E-state index is 0.0383. The third-order valence-corrected chi connectivity index (χ3v) is 4.72. The molecule has 0 saturated heterocycles. The van der Waals surface area contributed by atoms with Crippen LogP contribution in [0.5, 0.6) is 0 Å². The van der Waals surface area contributed by atoms with Crippen molar-refractivity contribution in [3.8, 4) is 0 Å². The topological polar surface area (TPSA) is 79.2 Å². The molecule has 1 aliphatic heterocycles. The fraction of sp³-hybridized carbons (Fsp3) is 0.150. The molecule has 4 rings (SSSR count). The van der Waals surface area contributed by atoms with Gasteiger partial charge in [-0.3, -0.25) is 14.9 Å². The summed E-state index contributed by atoms with van der Waals surface area (Å²) in [6, 6.07) is 14.3. The molecule has 0 radical (unpaired) electrons. The number of fused-ring (bicyclic) bond motifs is 3. The predicted octanol–water partition coefficient (Wildman–Crippen LogP) is 3.67. The Bertz CT molecular complexity index is 1020. The molecule has 0 fully saturated rings. The maximum Gasteiger partial charge on any atom is 0.269 e. The number of nitro groups is 1. The largest absolute Gasteiger partial charge is 0.358 e. The fourth-order valence-corrected chi connectivity index (χ4v) is 3.33. The summed E-state index contributed by atoms with van der Waals surface area (Å²) < 4.78 is 0. The number of nitrogens with one attached hydrogen (secondary N) is 1. The number of carbonyl (C=O) groups is 1. The van der Waals surface area contributed by atoms with Crippen molar-refractivity contribution < 1.29 is 9.72 Å². The summed E-state index contributed by atoms with van der Waals surface area (Å²) in [5, 5.41) is 11.8. The molecule has 1 aliphatic rings. The number of H-pyrrole nitrogens is 1. The number of non-ortho nitro benzene ring substituents is 1. The molecular formula is C20H17N3O3. The smallest absolute Gasteiger partial charge is 0.269 e. The van der Waals surface area contributed by atoms with Crippen LogP contribution >= 0.6 is 0 Å². The molecule has 2 heterocycles. The monoisotopic (exact) mass is 347 g/mol. The van der Waals surface area contributed by atoms with Gasteiger partial charge in [0, 0.05) is 59.9 Å². The van der Waals surface area contributed by atoms with Gasteiger partial charge in [0.1, 0.15) is 0 Å². The number of hydrogen-bond acceptors (Lipinski definition) is 3. The predicted molar refractivity (Wildman–Crippen MR) is 99.6 cm³/mol. The minimum atomic E-state index is -0.439. The van der Waals surface area contributed by atoms with Crippen molar-refractivity contribution in [2.45, 2.75) is 13.0 Å². The molecule has 6 nitrogen and oxygen atoms in total. The van der Waals surface area contributed by atoms with Gasteiger partial charge in [-0.1, -0.05) is 18.2 Å². The average Bonchev–Trinajstić information content (AvgIpc) is 3.04. The Kier molecular flexibility index (Phi) is 4.01. The van der Waals surface area contributed by atoms with Crippen molar-refractivity contribution in [1.82, 2.24) is 9.88 Å². The molecular weight excluding hydrogens is 330 g/mol. The van der Waals surface area contributed by atoms with Crippen molar-refractivity contribution in [1.29, 1.82) is 0 Å². The van der Waals surface area contributed by atoms with Gasteiger partial charge in [0.2, 0.25) is 5.91 Å². The quantitative estimate of drug-likeness (QED) is 0.446. The number of nitro benzene ring substituents is 1. The van der Waals surface area contributed by atoms with Crippen LogP contribution in [0.4, 0.5) is 5.69 Å². The molecule has 0 saturated carbocycles. The van der Waals surface area contributed by atoms with Gasteiger partial charge in [-0.05, 0) is 29.8 Å². The van der Waals surface area contributed by atoms with E-state index in [9.17, 15) is 14.9 Å². The van der Waals surface area contributed by atoms with Crippen molar-refractivity contribution in [3.05, 3.63) is 81.5 Å². The number of nitrogens with zero attached hydrogens (tertiary/aromatic N) is 2. The minimum Gasteiger partial charge on any atom is -0.358 e. The first-order chi connectivity index (χ1) is 12.6. The van der Waals surface area contributed by atoms with Crippen molar-refractivity contribution in [2.24, 2.45) is 0 Å². The van der Waals surface area contributed by atoms with Crippen LogP contribution in [-0.2, 0) is 17.8 Å². The van der Waals surface area contributed by atoms with Crippen LogP contribution in [0.15, 0.2) is 54.6 Å². The van der Waals surface area contributed by atoms with E-state index < -0.39 is 4.92 Å². The molecule has 26 heavy (non-hydrogen) atoms. The first-order valence-electron chi connectivity index (χ1n) is 8.42. The molecule has 2 aromatic carbocycles. The summed E-state index contributed by atoms with van der Waals surface area (Å²) in [5.41, 5.74) is 4.29. The molecule has 1 amide bonds. The van der Waals surface area contributed by atoms with Crippen molar-refractivity contribution in [3.63, 3.8) is 0 Å². The van der Waals surface area contributed by atoms with Crippen LogP contribution in [0, 0.1) is 10.1 Å². The third kappa shape index (κ3) is 2.97. The standard InChI is InChI=1S/C20H17N3O3/c24-20(10-7-14-5-8-15(9-6-14)23(25)26)22-12-11-19-17(13-22)16-3-1-2-4-18(16)21-19/h1-10,21H,11-13H2/b10-7+. The first-order valence-corrected chi connectivity index (χ1v) is 8.42. The number of rotatable bonds is 3. The van der Waals surface area contributed by atoms with E-state index in [1.807, 2.05) is 23.1 Å². The molecule has 3 aromatic rings. The van der Waals surface area contributed by atoms with Gasteiger partial charge < -0.3 is 9.88 Å². The number of hydrogen-bond donors (Lipinski definition) is 1. The number of amides is 1. The van der Waals surface area contributed by atoms with E-state index in [2.05, 4.69) is 11.1 Å². The van der Waals surface area contributed by atoms with Crippen LogP contribution in [-0.4, -0.2) is 27.3 Å². The Balaban J connectivity index is 1.49. The number of carbonyl (C=O) groups excluding carboxylic acids is 1. The lowest BCUT2D eigenvalue weighted by Gasteiger charge is -2.26. The van der Waals surface area contributed by atoms with Crippen LogP contribution in [0.1, 0.15) is 16.8 Å². The van der Waals surface area contributed by atoms with Crippen LogP contribution in [0.25, 0.3) is 17.0 Å². The normalized spacial score (nSPS) is 13.9. The van der Waals surface area contributed by atoms with Crippen molar-refractivity contribution in [2.75, 3.05) is 6.54 Å². The number of aromatic amines is 1. The van der Waals surface area contributed by atoms with Crippen molar-refractivity contribution >= 4 is 28.6 Å². The molecule has 0 spiro atoms. The van der Waals surface area contributed by atoms with Gasteiger partial charge in [0.05, 0.1) is 4.92 Å². The highest BCUT2D eigenvalue weighted by atomic mass is 16.6. The Morgan fingerprint density at radius 1 is 1.15 bits per heavy atom. The van der Waals surface area contributed by atoms with Crippen LogP contribution < -0.4 is 0 Å². The summed E-state index contributed by atoms with van der Waals surface area (Å²) >= 11 is 0. The van der Waals surface area contributed by atoms with Gasteiger partial charge in [-0.25, -0.2) is 0 Å². The molecule has 6 heteroatoms. The van der Waals surface area contributed by atoms with E-state index in [-0.39, 0.29) is 11.6 Å². The number of para-hydroxylation sites is 1.